The van der Waals surface area contributed by atoms with E-state index in [2.05, 4.69) is 5.32 Å². The van der Waals surface area contributed by atoms with Gasteiger partial charge in [0.1, 0.15) is 22.9 Å². The molecule has 0 atom stereocenters. The van der Waals surface area contributed by atoms with E-state index in [4.69, 9.17) is 30.2 Å². The molecule has 1 aliphatic rings. The average Bonchev–Trinajstić information content (AvgIpc) is 3.31. The fourth-order valence-electron chi connectivity index (χ4n) is 3.85. The Kier molecular flexibility index (Phi) is 6.05. The standard InChI is InChI=1S/C26H19ClFNO6/c1-14-24(25-18(27)3-2-4-19(25)28)26(31)17-7-6-16(10-21(17)35-14)32-12-23(30)29-11-15-5-8-20-22(9-15)34-13-33-20/h2-10H,11-13H2,1H3,(H,29,30). The van der Waals surface area contributed by atoms with E-state index < -0.39 is 11.2 Å². The summed E-state index contributed by atoms with van der Waals surface area (Å²) in [6, 6.07) is 14.2. The van der Waals surface area contributed by atoms with E-state index in [0.717, 1.165) is 5.56 Å². The Labute approximate surface area is 204 Å². The number of halogens is 2. The van der Waals surface area contributed by atoms with Gasteiger partial charge < -0.3 is 23.9 Å². The van der Waals surface area contributed by atoms with Crippen molar-refractivity contribution in [3.05, 3.63) is 87.0 Å². The van der Waals surface area contributed by atoms with Crippen LogP contribution in [0, 0.1) is 12.7 Å². The van der Waals surface area contributed by atoms with E-state index >= 15 is 0 Å². The fourth-order valence-corrected chi connectivity index (χ4v) is 4.11. The van der Waals surface area contributed by atoms with E-state index in [1.807, 2.05) is 6.07 Å². The van der Waals surface area contributed by atoms with Gasteiger partial charge in [-0.2, -0.15) is 0 Å². The molecule has 178 valence electrons. The van der Waals surface area contributed by atoms with Gasteiger partial charge in [0.15, 0.2) is 18.1 Å². The van der Waals surface area contributed by atoms with Crippen LogP contribution in [0.25, 0.3) is 22.1 Å². The second kappa shape index (κ2) is 9.31. The van der Waals surface area contributed by atoms with Gasteiger partial charge >= 0.3 is 0 Å². The van der Waals surface area contributed by atoms with E-state index in [9.17, 15) is 14.0 Å². The third kappa shape index (κ3) is 4.52. The van der Waals surface area contributed by atoms with Crippen molar-refractivity contribution < 1.29 is 27.8 Å². The highest BCUT2D eigenvalue weighted by Crippen LogP contribution is 2.33. The van der Waals surface area contributed by atoms with Crippen molar-refractivity contribution in [2.24, 2.45) is 0 Å². The zero-order valence-electron chi connectivity index (χ0n) is 18.5. The molecule has 0 radical (unpaired) electrons. The third-order valence-corrected chi connectivity index (χ3v) is 5.86. The van der Waals surface area contributed by atoms with Crippen LogP contribution in [0.3, 0.4) is 0 Å². The SMILES string of the molecule is Cc1oc2cc(OCC(=O)NCc3ccc4c(c3)OCO4)ccc2c(=O)c1-c1c(F)cccc1Cl. The Hall–Kier alpha value is -4.04. The number of ether oxygens (including phenoxy) is 3. The molecule has 9 heteroatoms. The Morgan fingerprint density at radius 2 is 1.91 bits per heavy atom. The maximum atomic E-state index is 14.4. The lowest BCUT2D eigenvalue weighted by Gasteiger charge is -2.11. The number of carbonyl (C=O) groups excluding carboxylic acids is 1. The molecule has 1 amide bonds. The molecule has 0 bridgehead atoms. The van der Waals surface area contributed by atoms with Crippen molar-refractivity contribution in [2.75, 3.05) is 13.4 Å². The van der Waals surface area contributed by atoms with Gasteiger partial charge in [-0.15, -0.1) is 0 Å². The highest BCUT2D eigenvalue weighted by Gasteiger charge is 2.20. The van der Waals surface area contributed by atoms with Gasteiger partial charge in [0.05, 0.1) is 16.0 Å². The molecule has 0 spiro atoms. The highest BCUT2D eigenvalue weighted by atomic mass is 35.5. The molecule has 3 aromatic carbocycles. The van der Waals surface area contributed by atoms with Crippen LogP contribution in [-0.2, 0) is 11.3 Å². The van der Waals surface area contributed by atoms with E-state index in [0.29, 0.717) is 23.8 Å². The summed E-state index contributed by atoms with van der Waals surface area (Å²) in [5, 5.41) is 3.13. The largest absolute Gasteiger partial charge is 0.484 e. The zero-order valence-corrected chi connectivity index (χ0v) is 19.3. The minimum atomic E-state index is -0.612. The van der Waals surface area contributed by atoms with Gasteiger partial charge in [0.25, 0.3) is 5.91 Å². The second-order valence-corrected chi connectivity index (χ2v) is 8.28. The normalized spacial score (nSPS) is 12.1. The number of nitrogens with one attached hydrogen (secondary N) is 1. The van der Waals surface area contributed by atoms with Gasteiger partial charge in [-0.1, -0.05) is 23.7 Å². The van der Waals surface area contributed by atoms with E-state index in [1.54, 1.807) is 25.1 Å². The number of fused-ring (bicyclic) bond motifs is 2. The molecule has 4 aromatic rings. The van der Waals surface area contributed by atoms with Crippen LogP contribution in [0.1, 0.15) is 11.3 Å². The van der Waals surface area contributed by atoms with Crippen LogP contribution in [0.15, 0.2) is 63.8 Å². The summed E-state index contributed by atoms with van der Waals surface area (Å²) in [7, 11) is 0. The van der Waals surface area contributed by atoms with Crippen LogP contribution in [-0.4, -0.2) is 19.3 Å². The highest BCUT2D eigenvalue weighted by molar-refractivity contribution is 6.33. The summed E-state index contributed by atoms with van der Waals surface area (Å²) in [4.78, 5) is 25.4. The molecule has 1 N–H and O–H groups in total. The molecule has 5 rings (SSSR count). The number of carbonyl (C=O) groups is 1. The monoisotopic (exact) mass is 495 g/mol. The van der Waals surface area contributed by atoms with Crippen LogP contribution in [0.2, 0.25) is 5.02 Å². The van der Waals surface area contributed by atoms with Crippen molar-refractivity contribution in [1.82, 2.24) is 5.32 Å². The first kappa shape index (κ1) is 22.7. The summed E-state index contributed by atoms with van der Waals surface area (Å²) >= 11 is 6.15. The molecular formula is C26H19ClFNO6. The fraction of sp³-hybridized carbons (Fsp3) is 0.154. The van der Waals surface area contributed by atoms with Crippen molar-refractivity contribution in [2.45, 2.75) is 13.5 Å². The van der Waals surface area contributed by atoms with Crippen LogP contribution in [0.5, 0.6) is 17.2 Å². The Balaban J connectivity index is 1.29. The first-order chi connectivity index (χ1) is 16.9. The Bertz CT molecular complexity index is 1500. The molecule has 0 saturated carbocycles. The number of amides is 1. The third-order valence-electron chi connectivity index (χ3n) is 5.55. The van der Waals surface area contributed by atoms with E-state index in [1.165, 1.54) is 30.3 Å². The van der Waals surface area contributed by atoms with Crippen molar-refractivity contribution >= 4 is 28.5 Å². The molecule has 0 unspecified atom stereocenters. The maximum absolute atomic E-state index is 14.4. The molecule has 1 aliphatic heterocycles. The van der Waals surface area contributed by atoms with Gasteiger partial charge in [-0.3, -0.25) is 9.59 Å². The van der Waals surface area contributed by atoms with Crippen molar-refractivity contribution in [3.63, 3.8) is 0 Å². The van der Waals surface area contributed by atoms with Gasteiger partial charge in [-0.25, -0.2) is 4.39 Å². The van der Waals surface area contributed by atoms with Crippen molar-refractivity contribution in [3.8, 4) is 28.4 Å². The number of hydrogen-bond acceptors (Lipinski definition) is 6. The maximum Gasteiger partial charge on any atom is 0.258 e. The van der Waals surface area contributed by atoms with E-state index in [-0.39, 0.29) is 52.2 Å². The average molecular weight is 496 g/mol. The first-order valence-corrected chi connectivity index (χ1v) is 11.1. The summed E-state index contributed by atoms with van der Waals surface area (Å²) in [5.41, 5.74) is 0.765. The molecule has 0 aliphatic carbocycles. The minimum Gasteiger partial charge on any atom is -0.484 e. The summed E-state index contributed by atoms with van der Waals surface area (Å²) < 4.78 is 36.4. The lowest BCUT2D eigenvalue weighted by Crippen LogP contribution is -2.28. The summed E-state index contributed by atoms with van der Waals surface area (Å²) in [5.74, 6) is 0.930. The molecule has 0 fully saturated rings. The Morgan fingerprint density at radius 1 is 1.09 bits per heavy atom. The Morgan fingerprint density at radius 3 is 2.74 bits per heavy atom. The second-order valence-electron chi connectivity index (χ2n) is 7.87. The molecular weight excluding hydrogens is 477 g/mol. The molecule has 1 aromatic heterocycles. The van der Waals surface area contributed by atoms with Crippen LogP contribution >= 0.6 is 11.6 Å². The minimum absolute atomic E-state index is 0.00164. The molecule has 7 nitrogen and oxygen atoms in total. The number of rotatable bonds is 6. The van der Waals surface area contributed by atoms with Crippen molar-refractivity contribution in [1.29, 1.82) is 0 Å². The molecule has 0 saturated heterocycles. The molecule has 2 heterocycles. The predicted octanol–water partition coefficient (Wildman–Crippen LogP) is 4.98. The van der Waals surface area contributed by atoms with Gasteiger partial charge in [0.2, 0.25) is 12.2 Å². The lowest BCUT2D eigenvalue weighted by molar-refractivity contribution is -0.123. The van der Waals surface area contributed by atoms with Crippen LogP contribution in [0.4, 0.5) is 4.39 Å². The zero-order chi connectivity index (χ0) is 24.5. The first-order valence-electron chi connectivity index (χ1n) is 10.7. The smallest absolute Gasteiger partial charge is 0.258 e. The topological polar surface area (TPSA) is 87.0 Å². The summed E-state index contributed by atoms with van der Waals surface area (Å²) in [6.45, 7) is 1.81. The quantitative estimate of drug-likeness (QED) is 0.406. The van der Waals surface area contributed by atoms with Gasteiger partial charge in [-0.05, 0) is 48.9 Å². The number of aryl methyl sites for hydroxylation is 1. The predicted molar refractivity (Wildman–Crippen MR) is 128 cm³/mol. The van der Waals surface area contributed by atoms with Crippen LogP contribution < -0.4 is 25.0 Å². The summed E-state index contributed by atoms with van der Waals surface area (Å²) in [6.07, 6.45) is 0. The lowest BCUT2D eigenvalue weighted by atomic mass is 10.0. The van der Waals surface area contributed by atoms with Gasteiger partial charge in [0, 0.05) is 18.2 Å². The number of hydrogen-bond donors (Lipinski definition) is 1. The number of benzene rings is 3. The molecule has 35 heavy (non-hydrogen) atoms.